The van der Waals surface area contributed by atoms with Crippen LogP contribution in [0.15, 0.2) is 176 Å². The van der Waals surface area contributed by atoms with E-state index in [1.165, 1.54) is 6.33 Å². The highest BCUT2D eigenvalue weighted by atomic mass is 32.1. The molecule has 0 spiro atoms. The summed E-state index contributed by atoms with van der Waals surface area (Å²) in [5.74, 6) is 0.518. The zero-order valence-electron chi connectivity index (χ0n) is 36.3. The average Bonchev–Trinajstić information content (AvgIpc) is 4.09. The highest BCUT2D eigenvalue weighted by Gasteiger charge is 2.43. The first-order valence-electron chi connectivity index (χ1n) is 21.9. The van der Waals surface area contributed by atoms with Crippen molar-refractivity contribution in [3.8, 4) is 16.9 Å². The number of carbonyl (C=O) groups excluding carboxylic acids is 2. The molecule has 13 nitrogen and oxygen atoms in total. The monoisotopic (exact) mass is 907 g/mol. The normalized spacial score (nSPS) is 16.5. The standard InChI is InChI=1S/C53H45N7O6S/c1-63-38-27-25-37(26-28-38)53(35-17-7-3-8-18-35,36-19-9-4-10-20-36)65-31-45-44(57-51(67)59-52(62)64-30-43-41-23-13-11-21-39(41)40-22-12-14-24-42(40)43)29-46(66-45)60-33-56-47-48(54-32-55-49(47)60)58-50(61)34-15-5-2-6-16-34/h2-28,32-33,43-46H,29-31H2,1H3,(H,54,55,58,61)(H2,57,59,62,67)/t44-,45+,46+/m0/s1. The van der Waals surface area contributed by atoms with E-state index in [2.05, 4.69) is 55.2 Å². The lowest BCUT2D eigenvalue weighted by Gasteiger charge is -2.37. The summed E-state index contributed by atoms with van der Waals surface area (Å²) in [5.41, 5.74) is 7.37. The van der Waals surface area contributed by atoms with Crippen molar-refractivity contribution in [3.05, 3.63) is 210 Å². The van der Waals surface area contributed by atoms with Crippen molar-refractivity contribution in [2.24, 2.45) is 0 Å². The van der Waals surface area contributed by atoms with Crippen LogP contribution in [0.4, 0.5) is 10.6 Å². The highest BCUT2D eigenvalue weighted by Crippen LogP contribution is 2.45. The van der Waals surface area contributed by atoms with E-state index in [-0.39, 0.29) is 36.0 Å². The van der Waals surface area contributed by atoms with Crippen molar-refractivity contribution in [1.82, 2.24) is 30.2 Å². The second kappa shape index (κ2) is 19.0. The first kappa shape index (κ1) is 43.1. The fraction of sp³-hybridized carbons (Fsp3) is 0.170. The van der Waals surface area contributed by atoms with Gasteiger partial charge in [0.05, 0.1) is 26.1 Å². The number of hydrogen-bond acceptors (Lipinski definition) is 10. The summed E-state index contributed by atoms with van der Waals surface area (Å²) in [6, 6.07) is 52.7. The minimum Gasteiger partial charge on any atom is -0.497 e. The zero-order valence-corrected chi connectivity index (χ0v) is 37.1. The predicted molar refractivity (Wildman–Crippen MR) is 258 cm³/mol. The molecule has 1 saturated heterocycles. The number of methoxy groups -OCH3 is 1. The van der Waals surface area contributed by atoms with Crippen molar-refractivity contribution >= 4 is 46.3 Å². The van der Waals surface area contributed by atoms with Crippen LogP contribution in [0.1, 0.15) is 56.7 Å². The Hall–Kier alpha value is -7.78. The molecule has 1 fully saturated rings. The van der Waals surface area contributed by atoms with Gasteiger partial charge in [0.15, 0.2) is 22.1 Å². The van der Waals surface area contributed by atoms with Gasteiger partial charge >= 0.3 is 6.09 Å². The number of benzene rings is 6. The minimum absolute atomic E-state index is 0.0627. The number of nitrogens with one attached hydrogen (secondary N) is 3. The number of hydrogen-bond donors (Lipinski definition) is 3. The zero-order chi connectivity index (χ0) is 45.7. The molecular formula is C53H45N7O6S. The lowest BCUT2D eigenvalue weighted by atomic mass is 9.80. The molecular weight excluding hydrogens is 863 g/mol. The quantitative estimate of drug-likeness (QED) is 0.0751. The van der Waals surface area contributed by atoms with E-state index >= 15 is 0 Å². The number of carbonyl (C=O) groups is 2. The molecule has 8 aromatic rings. The van der Waals surface area contributed by atoms with Gasteiger partial charge in [0.25, 0.3) is 5.91 Å². The van der Waals surface area contributed by atoms with Crippen LogP contribution in [-0.2, 0) is 19.8 Å². The lowest BCUT2D eigenvalue weighted by molar-refractivity contribution is -0.0788. The van der Waals surface area contributed by atoms with Crippen LogP contribution in [-0.4, -0.2) is 69.1 Å². The summed E-state index contributed by atoms with van der Waals surface area (Å²) in [6.45, 7) is 0.195. The van der Waals surface area contributed by atoms with Crippen LogP contribution in [0.25, 0.3) is 22.3 Å². The molecule has 1 aliphatic carbocycles. The van der Waals surface area contributed by atoms with E-state index in [9.17, 15) is 9.59 Å². The van der Waals surface area contributed by atoms with E-state index in [4.69, 9.17) is 31.2 Å². The first-order valence-corrected chi connectivity index (χ1v) is 22.3. The maximum atomic E-state index is 13.5. The first-order chi connectivity index (χ1) is 32.9. The number of anilines is 1. The Morgan fingerprint density at radius 2 is 1.33 bits per heavy atom. The predicted octanol–water partition coefficient (Wildman–Crippen LogP) is 9.17. The fourth-order valence-corrected chi connectivity index (χ4v) is 9.43. The van der Waals surface area contributed by atoms with Gasteiger partial charge in [0.1, 0.15) is 36.6 Å². The Balaban J connectivity index is 0.932. The lowest BCUT2D eigenvalue weighted by Crippen LogP contribution is -2.49. The van der Waals surface area contributed by atoms with Gasteiger partial charge in [-0.15, -0.1) is 0 Å². The Kier molecular flexibility index (Phi) is 12.2. The molecule has 2 aromatic heterocycles. The molecule has 67 heavy (non-hydrogen) atoms. The molecule has 2 amide bonds. The molecule has 2 aliphatic rings. The Bertz CT molecular complexity index is 2960. The third-order valence-electron chi connectivity index (χ3n) is 12.4. The number of fused-ring (bicyclic) bond motifs is 4. The second-order valence-corrected chi connectivity index (χ2v) is 16.6. The number of thiocarbonyl (C=S) groups is 1. The van der Waals surface area contributed by atoms with Gasteiger partial charge in [-0.25, -0.2) is 19.7 Å². The minimum atomic E-state index is -1.10. The largest absolute Gasteiger partial charge is 0.497 e. The Labute approximate surface area is 392 Å². The third-order valence-corrected chi connectivity index (χ3v) is 12.6. The number of aromatic nitrogens is 4. The number of imidazole rings is 1. The number of amides is 2. The molecule has 0 bridgehead atoms. The van der Waals surface area contributed by atoms with Gasteiger partial charge in [-0.3, -0.25) is 14.7 Å². The highest BCUT2D eigenvalue weighted by molar-refractivity contribution is 7.80. The van der Waals surface area contributed by atoms with Crippen LogP contribution < -0.4 is 20.7 Å². The van der Waals surface area contributed by atoms with Crippen LogP contribution >= 0.6 is 12.2 Å². The summed E-state index contributed by atoms with van der Waals surface area (Å²) in [7, 11) is 1.64. The van der Waals surface area contributed by atoms with Gasteiger partial charge in [0.2, 0.25) is 0 Å². The molecule has 10 rings (SSSR count). The number of alkyl carbamates (subject to hydrolysis) is 1. The SMILES string of the molecule is COc1ccc(C(OC[C@H]2O[C@@H](n3cnc4c(NC(=O)c5ccccc5)ncnc43)C[C@@H]2NC(=S)NC(=O)OCC2c3ccccc3-c3ccccc32)(c2ccccc2)c2ccccc2)cc1. The van der Waals surface area contributed by atoms with Crippen molar-refractivity contribution < 1.29 is 28.5 Å². The van der Waals surface area contributed by atoms with Crippen molar-refractivity contribution in [3.63, 3.8) is 0 Å². The van der Waals surface area contributed by atoms with E-state index in [1.54, 1.807) is 42.3 Å². The number of rotatable bonds is 13. The maximum Gasteiger partial charge on any atom is 0.413 e. The molecule has 334 valence electrons. The molecule has 3 heterocycles. The van der Waals surface area contributed by atoms with Crippen molar-refractivity contribution in [2.75, 3.05) is 25.6 Å². The van der Waals surface area contributed by atoms with E-state index < -0.39 is 30.1 Å². The summed E-state index contributed by atoms with van der Waals surface area (Å²) in [5, 5.41) is 9.05. The molecule has 0 unspecified atom stereocenters. The topological polar surface area (TPSA) is 151 Å². The Morgan fingerprint density at radius 3 is 1.97 bits per heavy atom. The molecule has 1 aliphatic heterocycles. The van der Waals surface area contributed by atoms with E-state index in [0.717, 1.165) is 38.9 Å². The molecule has 14 heteroatoms. The summed E-state index contributed by atoms with van der Waals surface area (Å²) >= 11 is 5.81. The van der Waals surface area contributed by atoms with Gasteiger partial charge < -0.3 is 29.6 Å². The van der Waals surface area contributed by atoms with Gasteiger partial charge in [0, 0.05) is 17.9 Å². The van der Waals surface area contributed by atoms with Gasteiger partial charge in [-0.1, -0.05) is 140 Å². The maximum absolute atomic E-state index is 13.5. The smallest absolute Gasteiger partial charge is 0.413 e. The van der Waals surface area contributed by atoms with Crippen LogP contribution in [0.3, 0.4) is 0 Å². The molecule has 3 atom stereocenters. The van der Waals surface area contributed by atoms with Gasteiger partial charge in [-0.2, -0.15) is 0 Å². The summed E-state index contributed by atoms with van der Waals surface area (Å²) < 4.78 is 27.4. The van der Waals surface area contributed by atoms with E-state index in [1.807, 2.05) is 115 Å². The molecule has 0 saturated carbocycles. The van der Waals surface area contributed by atoms with Gasteiger partial charge in [-0.05, 0) is 75.4 Å². The molecule has 0 radical (unpaired) electrons. The summed E-state index contributed by atoms with van der Waals surface area (Å²) in [4.78, 5) is 40.2. The number of nitrogens with zero attached hydrogens (tertiary/aromatic N) is 4. The average molecular weight is 908 g/mol. The van der Waals surface area contributed by atoms with Crippen molar-refractivity contribution in [2.45, 2.75) is 36.3 Å². The summed E-state index contributed by atoms with van der Waals surface area (Å²) in [6.07, 6.45) is 1.39. The number of ether oxygens (including phenoxy) is 4. The van der Waals surface area contributed by atoms with Crippen LogP contribution in [0.2, 0.25) is 0 Å². The third kappa shape index (κ3) is 8.61. The second-order valence-electron chi connectivity index (χ2n) is 16.2. The van der Waals surface area contributed by atoms with Crippen LogP contribution in [0.5, 0.6) is 5.75 Å². The fourth-order valence-electron chi connectivity index (χ4n) is 9.19. The van der Waals surface area contributed by atoms with Crippen molar-refractivity contribution in [1.29, 1.82) is 0 Å². The van der Waals surface area contributed by atoms with E-state index in [0.29, 0.717) is 28.9 Å². The van der Waals surface area contributed by atoms with Crippen LogP contribution in [0, 0.1) is 0 Å². The molecule has 6 aromatic carbocycles. The molecule has 3 N–H and O–H groups in total. The Morgan fingerprint density at radius 1 is 0.731 bits per heavy atom.